The molecule has 0 aliphatic heterocycles. The second kappa shape index (κ2) is 2.76. The molecule has 0 amide bonds. The zero-order valence-electron chi connectivity index (χ0n) is 7.71. The first-order chi connectivity index (χ1) is 6.37. The molecular formula is C4H7N6O4+. The van der Waals surface area contributed by atoms with Gasteiger partial charge >= 0.3 is 18.9 Å². The van der Waals surface area contributed by atoms with Crippen LogP contribution in [0.1, 0.15) is 1.43 Å². The fraction of sp³-hybridized carbons (Fsp3) is 0. The van der Waals surface area contributed by atoms with Crippen molar-refractivity contribution in [3.05, 3.63) is 20.5 Å². The number of hydrogen-bond acceptors (Lipinski definition) is 7. The van der Waals surface area contributed by atoms with Gasteiger partial charge < -0.3 is 16.1 Å². The topological polar surface area (TPSA) is 175 Å². The summed E-state index contributed by atoms with van der Waals surface area (Å²) in [4.78, 5) is 9.32. The van der Waals surface area contributed by atoms with Gasteiger partial charge in [-0.15, -0.1) is 0 Å². The predicted octanol–water partition coefficient (Wildman–Crippen LogP) is -2.28. The van der Waals surface area contributed by atoms with Crippen molar-refractivity contribution in [1.82, 2.24) is 0 Å². The first-order valence-electron chi connectivity index (χ1n) is 3.21. The molecule has 0 fully saturated rings. The first-order valence-corrected chi connectivity index (χ1v) is 3.21. The molecule has 0 saturated heterocycles. The molecule has 10 heteroatoms. The van der Waals surface area contributed by atoms with Crippen molar-refractivity contribution >= 4 is 23.3 Å². The fourth-order valence-corrected chi connectivity index (χ4v) is 0.840. The number of nitrogen functional groups attached to an aromatic ring is 3. The van der Waals surface area contributed by atoms with Gasteiger partial charge in [0.05, 0.1) is 4.92 Å². The number of aromatic nitrogens is 2. The molecule has 1 heterocycles. The Bertz CT molecular complexity index is 393. The van der Waals surface area contributed by atoms with Crippen LogP contribution in [0, 0.1) is 20.5 Å². The maximum Gasteiger partial charge on any atom is 1.00 e. The van der Waals surface area contributed by atoms with Crippen LogP contribution < -0.4 is 26.7 Å². The Morgan fingerprint density at radius 3 is 1.79 bits per heavy atom. The lowest BCUT2D eigenvalue weighted by molar-refractivity contribution is -0.706. The van der Waals surface area contributed by atoms with E-state index in [1.54, 1.807) is 0 Å². The van der Waals surface area contributed by atoms with E-state index >= 15 is 0 Å². The van der Waals surface area contributed by atoms with E-state index in [1.807, 2.05) is 0 Å². The van der Waals surface area contributed by atoms with Crippen LogP contribution in [0.2, 0.25) is 0 Å². The van der Waals surface area contributed by atoms with Crippen molar-refractivity contribution < 1.29 is 15.8 Å². The Kier molecular flexibility index (Phi) is 1.88. The third-order valence-electron chi connectivity index (χ3n) is 1.52. The number of hydrogen-bond donors (Lipinski definition) is 3. The van der Waals surface area contributed by atoms with Gasteiger partial charge in [-0.2, -0.15) is 9.46 Å². The van der Waals surface area contributed by atoms with Gasteiger partial charge in [0.15, 0.2) is 0 Å². The standard InChI is InChI=1S/C4H6N6O4/c5-2-1(10(13)14)3(6)9(12)4(7)8(2)11/h5-7H2/p+1. The third kappa shape index (κ3) is 1.05. The van der Waals surface area contributed by atoms with Crippen LogP contribution >= 0.6 is 0 Å². The Labute approximate surface area is 77.9 Å². The smallest absolute Gasteiger partial charge is 0.706 e. The number of nitrogens with zero attached hydrogens (tertiary/aromatic N) is 3. The van der Waals surface area contributed by atoms with Crippen LogP contribution in [-0.2, 0) is 0 Å². The highest BCUT2D eigenvalue weighted by Crippen LogP contribution is 2.22. The Hall–Kier alpha value is -2.52. The maximum absolute atomic E-state index is 11.0. The molecule has 0 atom stereocenters. The fourth-order valence-electron chi connectivity index (χ4n) is 0.840. The van der Waals surface area contributed by atoms with Crippen molar-refractivity contribution in [2.75, 3.05) is 17.2 Å². The normalized spacial score (nSPS) is 10.0. The van der Waals surface area contributed by atoms with Gasteiger partial charge in [-0.3, -0.25) is 15.8 Å². The van der Waals surface area contributed by atoms with Gasteiger partial charge in [0.25, 0.3) is 5.82 Å². The number of nitrogens with two attached hydrogens (primary N) is 3. The van der Waals surface area contributed by atoms with Crippen molar-refractivity contribution in [1.29, 1.82) is 0 Å². The molecule has 10 nitrogen and oxygen atoms in total. The summed E-state index contributed by atoms with van der Waals surface area (Å²) in [5, 5.41) is 32.3. The summed E-state index contributed by atoms with van der Waals surface area (Å²) in [6.45, 7) is 0. The summed E-state index contributed by atoms with van der Waals surface area (Å²) in [6, 6.07) is 0. The molecule has 6 N–H and O–H groups in total. The summed E-state index contributed by atoms with van der Waals surface area (Å²) in [7, 11) is 0. The molecule has 1 aromatic rings. The minimum absolute atomic E-state index is 0. The molecule has 0 aliphatic carbocycles. The maximum atomic E-state index is 11.0. The van der Waals surface area contributed by atoms with Gasteiger partial charge in [-0.25, -0.2) is 5.73 Å². The minimum atomic E-state index is -1.03. The molecule has 0 radical (unpaired) electrons. The average Bonchev–Trinajstić information content (AvgIpc) is 2.11. The molecule has 0 spiro atoms. The predicted molar refractivity (Wildman–Crippen MR) is 45.4 cm³/mol. The van der Waals surface area contributed by atoms with E-state index in [4.69, 9.17) is 17.2 Å². The largest absolute Gasteiger partial charge is 1.00 e. The molecular weight excluding hydrogens is 196 g/mol. The highest BCUT2D eigenvalue weighted by Gasteiger charge is 2.31. The van der Waals surface area contributed by atoms with Crippen LogP contribution in [-0.4, -0.2) is 4.92 Å². The molecule has 0 aromatic carbocycles. The van der Waals surface area contributed by atoms with Gasteiger partial charge in [0.1, 0.15) is 0 Å². The zero-order chi connectivity index (χ0) is 11.0. The zero-order valence-corrected chi connectivity index (χ0v) is 6.71. The van der Waals surface area contributed by atoms with Crippen molar-refractivity contribution in [2.24, 2.45) is 0 Å². The van der Waals surface area contributed by atoms with Crippen molar-refractivity contribution in [3.8, 4) is 0 Å². The summed E-state index contributed by atoms with van der Waals surface area (Å²) in [5.74, 6) is -2.51. The number of rotatable bonds is 1. The lowest BCUT2D eigenvalue weighted by atomic mass is 10.4. The van der Waals surface area contributed by atoms with Crippen LogP contribution in [0.5, 0.6) is 0 Å². The monoisotopic (exact) mass is 203 g/mol. The Balaban J connectivity index is 0.00000196. The minimum Gasteiger partial charge on any atom is -0.706 e. The lowest BCUT2D eigenvalue weighted by Crippen LogP contribution is -2.49. The number of nitro groups is 1. The Morgan fingerprint density at radius 2 is 1.50 bits per heavy atom. The molecule has 1 aromatic heterocycles. The van der Waals surface area contributed by atoms with E-state index < -0.39 is 28.2 Å². The molecule has 0 bridgehead atoms. The van der Waals surface area contributed by atoms with Gasteiger partial charge in [0, 0.05) is 0 Å². The van der Waals surface area contributed by atoms with Crippen molar-refractivity contribution in [2.45, 2.75) is 0 Å². The summed E-state index contributed by atoms with van der Waals surface area (Å²) in [5.41, 5.74) is 14.1. The average molecular weight is 203 g/mol. The highest BCUT2D eigenvalue weighted by molar-refractivity contribution is 5.61. The van der Waals surface area contributed by atoms with Gasteiger partial charge in [-0.1, -0.05) is 0 Å². The van der Waals surface area contributed by atoms with Crippen LogP contribution in [0.4, 0.5) is 23.3 Å². The van der Waals surface area contributed by atoms with Crippen molar-refractivity contribution in [3.63, 3.8) is 0 Å². The summed E-state index contributed by atoms with van der Waals surface area (Å²) in [6.07, 6.45) is 0. The molecule has 0 saturated carbocycles. The van der Waals surface area contributed by atoms with E-state index in [0.29, 0.717) is 0 Å². The lowest BCUT2D eigenvalue weighted by Gasteiger charge is -2.11. The molecule has 14 heavy (non-hydrogen) atoms. The molecule has 0 aliphatic rings. The summed E-state index contributed by atoms with van der Waals surface area (Å²) < 4.78 is -0.525. The molecule has 0 unspecified atom stereocenters. The molecule has 76 valence electrons. The van der Waals surface area contributed by atoms with E-state index in [1.165, 1.54) is 0 Å². The summed E-state index contributed by atoms with van der Waals surface area (Å²) >= 11 is 0. The van der Waals surface area contributed by atoms with Crippen LogP contribution in [0.15, 0.2) is 0 Å². The second-order valence-electron chi connectivity index (χ2n) is 2.32. The first kappa shape index (κ1) is 9.57. The highest BCUT2D eigenvalue weighted by atomic mass is 16.6. The molecule has 1 rings (SSSR count). The van der Waals surface area contributed by atoms with Gasteiger partial charge in [0.2, 0.25) is 0 Å². The van der Waals surface area contributed by atoms with E-state index in [9.17, 15) is 20.5 Å². The van der Waals surface area contributed by atoms with E-state index in [-0.39, 0.29) is 10.9 Å². The third-order valence-corrected chi connectivity index (χ3v) is 1.52. The second-order valence-corrected chi connectivity index (χ2v) is 2.32. The SMILES string of the molecule is Nc1c([N+](=O)[O-])c(N)[n+]([O-])c(N)[n+]1[O-].[H+]. The van der Waals surface area contributed by atoms with Crippen LogP contribution in [0.3, 0.4) is 0 Å². The van der Waals surface area contributed by atoms with E-state index in [2.05, 4.69) is 0 Å². The van der Waals surface area contributed by atoms with Gasteiger partial charge in [-0.05, 0) is 0 Å². The number of anilines is 3. The Morgan fingerprint density at radius 1 is 1.14 bits per heavy atom. The van der Waals surface area contributed by atoms with Crippen LogP contribution in [0.25, 0.3) is 0 Å². The van der Waals surface area contributed by atoms with E-state index in [0.717, 1.165) is 0 Å². The quantitative estimate of drug-likeness (QED) is 0.199.